The van der Waals surface area contributed by atoms with Crippen LogP contribution >= 0.6 is 0 Å². The molecular formula is C25H21NO6. The van der Waals surface area contributed by atoms with Gasteiger partial charge in [0.25, 0.3) is 0 Å². The summed E-state index contributed by atoms with van der Waals surface area (Å²) in [6.07, 6.45) is 1.64. The van der Waals surface area contributed by atoms with E-state index in [1.54, 1.807) is 49.4 Å². The Hall–Kier alpha value is -4.26. The molecule has 0 aliphatic rings. The van der Waals surface area contributed by atoms with Gasteiger partial charge >= 0.3 is 17.9 Å². The van der Waals surface area contributed by atoms with Gasteiger partial charge in [-0.05, 0) is 41.5 Å². The third-order valence-electron chi connectivity index (χ3n) is 4.43. The Bertz CT molecular complexity index is 1180. The minimum absolute atomic E-state index is 0.127. The number of rotatable bonds is 8. The van der Waals surface area contributed by atoms with Crippen molar-refractivity contribution in [1.82, 2.24) is 0 Å². The number of hydrogen-bond acceptors (Lipinski definition) is 7. The first-order valence-corrected chi connectivity index (χ1v) is 9.85. The Morgan fingerprint density at radius 1 is 0.906 bits per heavy atom. The van der Waals surface area contributed by atoms with Crippen molar-refractivity contribution in [2.24, 2.45) is 5.16 Å². The van der Waals surface area contributed by atoms with Crippen LogP contribution in [0.4, 0.5) is 0 Å². The molecule has 0 bridgehead atoms. The molecule has 3 aromatic rings. The third-order valence-corrected chi connectivity index (χ3v) is 4.43. The van der Waals surface area contributed by atoms with Crippen molar-refractivity contribution in [2.45, 2.75) is 6.92 Å². The lowest BCUT2D eigenvalue weighted by Gasteiger charge is -2.08. The number of benzene rings is 3. The molecule has 3 rings (SSSR count). The lowest BCUT2D eigenvalue weighted by atomic mass is 10.0. The van der Waals surface area contributed by atoms with Crippen LogP contribution in [-0.4, -0.2) is 36.8 Å². The molecule has 0 amide bonds. The number of ether oxygens (including phenoxy) is 2. The summed E-state index contributed by atoms with van der Waals surface area (Å²) in [7, 11) is 0. The minimum atomic E-state index is -0.941. The maximum Gasteiger partial charge on any atom is 0.372 e. The first-order valence-electron chi connectivity index (χ1n) is 9.85. The predicted octanol–water partition coefficient (Wildman–Crippen LogP) is 4.15. The van der Waals surface area contributed by atoms with Gasteiger partial charge in [-0.1, -0.05) is 66.3 Å². The number of esters is 2. The van der Waals surface area contributed by atoms with Crippen LogP contribution in [-0.2, 0) is 23.9 Å². The molecule has 0 saturated carbocycles. The normalized spacial score (nSPS) is 11.0. The van der Waals surface area contributed by atoms with Crippen LogP contribution in [0.1, 0.15) is 28.4 Å². The van der Waals surface area contributed by atoms with E-state index in [9.17, 15) is 14.4 Å². The summed E-state index contributed by atoms with van der Waals surface area (Å²) in [6.45, 7) is 4.75. The zero-order valence-corrected chi connectivity index (χ0v) is 17.4. The third kappa shape index (κ3) is 5.66. The second-order valence-electron chi connectivity index (χ2n) is 6.59. The van der Waals surface area contributed by atoms with Gasteiger partial charge in [0.15, 0.2) is 12.3 Å². The Kier molecular flexibility index (Phi) is 7.48. The van der Waals surface area contributed by atoms with E-state index in [1.807, 2.05) is 30.3 Å². The highest BCUT2D eigenvalue weighted by Gasteiger charge is 2.19. The molecule has 7 nitrogen and oxygen atoms in total. The van der Waals surface area contributed by atoms with Crippen LogP contribution in [0, 0.1) is 0 Å². The standard InChI is InChI=1S/C25H21NO6/c1-3-17-9-11-19(12-10-17)24(28)31-16-22(27)32-26-23(25(29)30-4-2)21-14-13-18-7-5-6-8-20(18)15-21/h3,5-15H,1,4,16H2,2H3. The van der Waals surface area contributed by atoms with Gasteiger partial charge in [0.2, 0.25) is 0 Å². The number of oxime groups is 1. The molecule has 0 aliphatic carbocycles. The highest BCUT2D eigenvalue weighted by atomic mass is 16.7. The molecule has 7 heteroatoms. The zero-order chi connectivity index (χ0) is 22.9. The Morgan fingerprint density at radius 2 is 1.59 bits per heavy atom. The van der Waals surface area contributed by atoms with Crippen LogP contribution < -0.4 is 0 Å². The van der Waals surface area contributed by atoms with Crippen LogP contribution in [0.3, 0.4) is 0 Å². The van der Waals surface area contributed by atoms with Gasteiger partial charge in [-0.2, -0.15) is 0 Å². The molecule has 0 spiro atoms. The van der Waals surface area contributed by atoms with Crippen molar-refractivity contribution >= 4 is 40.5 Å². The highest BCUT2D eigenvalue weighted by molar-refractivity contribution is 6.43. The molecular weight excluding hydrogens is 410 g/mol. The SMILES string of the molecule is C=Cc1ccc(C(=O)OCC(=O)ON=C(C(=O)OCC)c2ccc3ccccc3c2)cc1. The fraction of sp³-hybridized carbons (Fsp3) is 0.120. The van der Waals surface area contributed by atoms with Gasteiger partial charge in [-0.3, -0.25) is 0 Å². The molecule has 0 radical (unpaired) electrons. The monoisotopic (exact) mass is 431 g/mol. The second-order valence-corrected chi connectivity index (χ2v) is 6.59. The summed E-state index contributed by atoms with van der Waals surface area (Å²) in [5, 5.41) is 5.54. The quantitative estimate of drug-likeness (QED) is 0.230. The number of fused-ring (bicyclic) bond motifs is 1. The number of nitrogens with zero attached hydrogens (tertiary/aromatic N) is 1. The number of carbonyl (C=O) groups is 3. The summed E-state index contributed by atoms with van der Waals surface area (Å²) < 4.78 is 9.97. The topological polar surface area (TPSA) is 91.3 Å². The van der Waals surface area contributed by atoms with Gasteiger partial charge in [0.05, 0.1) is 12.2 Å². The average Bonchev–Trinajstić information content (AvgIpc) is 2.82. The van der Waals surface area contributed by atoms with E-state index in [-0.39, 0.29) is 17.9 Å². The van der Waals surface area contributed by atoms with Crippen LogP contribution in [0.2, 0.25) is 0 Å². The Morgan fingerprint density at radius 3 is 2.28 bits per heavy atom. The maximum absolute atomic E-state index is 12.4. The van der Waals surface area contributed by atoms with E-state index < -0.39 is 24.5 Å². The van der Waals surface area contributed by atoms with Crippen molar-refractivity contribution in [2.75, 3.05) is 13.2 Å². The van der Waals surface area contributed by atoms with E-state index in [0.717, 1.165) is 16.3 Å². The Labute approximate surface area is 184 Å². The predicted molar refractivity (Wildman–Crippen MR) is 120 cm³/mol. The van der Waals surface area contributed by atoms with Crippen molar-refractivity contribution in [3.05, 3.63) is 90.0 Å². The maximum atomic E-state index is 12.4. The summed E-state index contributed by atoms with van der Waals surface area (Å²) >= 11 is 0. The molecule has 0 aliphatic heterocycles. The van der Waals surface area contributed by atoms with Crippen molar-refractivity contribution in [3.8, 4) is 0 Å². The zero-order valence-electron chi connectivity index (χ0n) is 17.4. The number of hydrogen-bond donors (Lipinski definition) is 0. The van der Waals surface area contributed by atoms with Gasteiger partial charge in [-0.15, -0.1) is 0 Å². The van der Waals surface area contributed by atoms with Crippen molar-refractivity contribution < 1.29 is 28.7 Å². The fourth-order valence-electron chi connectivity index (χ4n) is 2.83. The molecule has 0 atom stereocenters. The highest BCUT2D eigenvalue weighted by Crippen LogP contribution is 2.17. The van der Waals surface area contributed by atoms with Gasteiger partial charge in [-0.25, -0.2) is 14.4 Å². The largest absolute Gasteiger partial charge is 0.461 e. The molecule has 0 N–H and O–H groups in total. The van der Waals surface area contributed by atoms with E-state index in [2.05, 4.69) is 11.7 Å². The average molecular weight is 431 g/mol. The van der Waals surface area contributed by atoms with Gasteiger partial charge in [0, 0.05) is 5.56 Å². The van der Waals surface area contributed by atoms with Crippen LogP contribution in [0.15, 0.2) is 78.5 Å². The lowest BCUT2D eigenvalue weighted by molar-refractivity contribution is -0.147. The summed E-state index contributed by atoms with van der Waals surface area (Å²) in [5.41, 5.74) is 1.37. The van der Waals surface area contributed by atoms with Crippen LogP contribution in [0.25, 0.3) is 16.8 Å². The van der Waals surface area contributed by atoms with Crippen molar-refractivity contribution in [3.63, 3.8) is 0 Å². The smallest absolute Gasteiger partial charge is 0.372 e. The van der Waals surface area contributed by atoms with E-state index >= 15 is 0 Å². The van der Waals surface area contributed by atoms with Gasteiger partial charge < -0.3 is 14.3 Å². The molecule has 0 fully saturated rings. The summed E-state index contributed by atoms with van der Waals surface area (Å²) in [4.78, 5) is 41.3. The first-order chi connectivity index (χ1) is 15.5. The van der Waals surface area contributed by atoms with E-state index in [1.165, 1.54) is 0 Å². The van der Waals surface area contributed by atoms with E-state index in [0.29, 0.717) is 5.56 Å². The Balaban J connectivity index is 1.69. The second kappa shape index (κ2) is 10.7. The van der Waals surface area contributed by atoms with Crippen molar-refractivity contribution in [1.29, 1.82) is 0 Å². The number of carbonyl (C=O) groups excluding carboxylic acids is 3. The molecule has 0 unspecified atom stereocenters. The van der Waals surface area contributed by atoms with E-state index in [4.69, 9.17) is 14.3 Å². The molecule has 0 heterocycles. The molecule has 0 saturated heterocycles. The van der Waals surface area contributed by atoms with Crippen LogP contribution in [0.5, 0.6) is 0 Å². The lowest BCUT2D eigenvalue weighted by Crippen LogP contribution is -2.21. The molecule has 0 aromatic heterocycles. The first kappa shape index (κ1) is 22.4. The molecule has 32 heavy (non-hydrogen) atoms. The molecule has 3 aromatic carbocycles. The fourth-order valence-corrected chi connectivity index (χ4v) is 2.83. The molecule has 162 valence electrons. The summed E-state index contributed by atoms with van der Waals surface area (Å²) in [6, 6.07) is 19.3. The summed E-state index contributed by atoms with van der Waals surface area (Å²) in [5.74, 6) is -2.37. The van der Waals surface area contributed by atoms with Gasteiger partial charge in [0.1, 0.15) is 0 Å². The minimum Gasteiger partial charge on any atom is -0.461 e.